The minimum absolute atomic E-state index is 0.00952. The molecule has 0 saturated carbocycles. The fourth-order valence-electron chi connectivity index (χ4n) is 7.17. The van der Waals surface area contributed by atoms with Crippen LogP contribution in [-0.2, 0) is 30.3 Å². The molecule has 1 aromatic heterocycles. The highest BCUT2D eigenvalue weighted by Gasteiger charge is 2.44. The number of likely N-dealkylation sites (N-methyl/N-ethyl adjacent to an activating group) is 1. The quantitative estimate of drug-likeness (QED) is 0.0771. The number of hydrazine groups is 1. The maximum atomic E-state index is 14.3. The maximum Gasteiger partial charge on any atom is 0.303 e. The van der Waals surface area contributed by atoms with E-state index in [4.69, 9.17) is 10.6 Å². The third-order valence-electron chi connectivity index (χ3n) is 11.0. The van der Waals surface area contributed by atoms with Crippen molar-refractivity contribution in [2.45, 2.75) is 117 Å². The topological polar surface area (TPSA) is 164 Å². The molecule has 4 N–H and O–H groups in total. The third kappa shape index (κ3) is 11.2. The van der Waals surface area contributed by atoms with Gasteiger partial charge in [-0.1, -0.05) is 71.4 Å². The molecule has 0 radical (unpaired) electrons. The van der Waals surface area contributed by atoms with Crippen molar-refractivity contribution in [1.82, 2.24) is 25.5 Å². The van der Waals surface area contributed by atoms with Crippen molar-refractivity contribution >= 4 is 40.8 Å². The van der Waals surface area contributed by atoms with Gasteiger partial charge in [-0.2, -0.15) is 0 Å². The number of esters is 1. The molecule has 1 aliphatic heterocycles. The highest BCUT2D eigenvalue weighted by atomic mass is 32.1. The number of likely N-dealkylation sites (tertiary alicyclic amines) is 1. The number of rotatable bonds is 19. The van der Waals surface area contributed by atoms with Gasteiger partial charge in [-0.15, -0.1) is 11.3 Å². The molecule has 288 valence electrons. The smallest absolute Gasteiger partial charge is 0.303 e. The molecule has 3 rings (SSSR count). The third-order valence-corrected chi connectivity index (χ3v) is 11.9. The van der Waals surface area contributed by atoms with Crippen molar-refractivity contribution in [2.24, 2.45) is 29.5 Å². The van der Waals surface area contributed by atoms with Gasteiger partial charge in [0.25, 0.3) is 5.91 Å². The number of ketones is 1. The summed E-state index contributed by atoms with van der Waals surface area (Å²) in [5.74, 6) is 3.14. The van der Waals surface area contributed by atoms with Gasteiger partial charge in [0.15, 0.2) is 11.9 Å². The van der Waals surface area contributed by atoms with Gasteiger partial charge >= 0.3 is 5.97 Å². The predicted molar refractivity (Wildman–Crippen MR) is 203 cm³/mol. The second-order valence-corrected chi connectivity index (χ2v) is 16.0. The van der Waals surface area contributed by atoms with Gasteiger partial charge in [0.2, 0.25) is 11.8 Å². The Kier molecular flexibility index (Phi) is 16.0. The molecule has 3 amide bonds. The molecule has 1 aliphatic rings. The maximum absolute atomic E-state index is 14.3. The number of aromatic nitrogens is 1. The summed E-state index contributed by atoms with van der Waals surface area (Å²) in [5.41, 5.74) is 2.77. The molecule has 0 spiro atoms. The molecule has 0 bridgehead atoms. The molecule has 1 fully saturated rings. The Balaban J connectivity index is 1.83. The van der Waals surface area contributed by atoms with Gasteiger partial charge < -0.3 is 15.0 Å². The van der Waals surface area contributed by atoms with Crippen LogP contribution in [0.5, 0.6) is 0 Å². The number of hydrogen-bond acceptors (Lipinski definition) is 10. The predicted octanol–water partition coefficient (Wildman–Crippen LogP) is 5.08. The fourth-order valence-corrected chi connectivity index (χ4v) is 8.01. The number of benzene rings is 1. The summed E-state index contributed by atoms with van der Waals surface area (Å²) in [6.07, 6.45) is 2.96. The zero-order valence-corrected chi connectivity index (χ0v) is 33.3. The lowest BCUT2D eigenvalue weighted by molar-refractivity contribution is -0.149. The standard InChI is InChI=1S/C39H60N6O6S/c1-10-25(4)30(21-34(47)39(7)17-14-18-44(39)8)38(50)45(9)32(24(2)3)22-33(51-27(6)46)37-42-31(23-52-37)36(49)41-29(19-26(5)35(48)43-40)20-28-15-12-11-13-16-28/h11-13,15-16,23-26,29-30,32-33H,10,14,17-22,40H2,1-9H3,(H,41,49)(H,43,48)/t25-,26-,29+,30-,32+,33+,39+/m0/s1. The number of amides is 3. The number of carbonyl (C=O) groups is 5. The number of ether oxygens (including phenoxy) is 1. The van der Waals surface area contributed by atoms with Crippen molar-refractivity contribution in [3.63, 3.8) is 0 Å². The summed E-state index contributed by atoms with van der Waals surface area (Å²) in [6.45, 7) is 14.0. The van der Waals surface area contributed by atoms with Crippen molar-refractivity contribution in [3.05, 3.63) is 52.0 Å². The van der Waals surface area contributed by atoms with Crippen LogP contribution in [-0.4, -0.2) is 82.5 Å². The van der Waals surface area contributed by atoms with Crippen LogP contribution in [0.4, 0.5) is 0 Å². The lowest BCUT2D eigenvalue weighted by atomic mass is 9.80. The number of nitrogens with two attached hydrogens (primary N) is 1. The normalized spacial score (nSPS) is 19.6. The van der Waals surface area contributed by atoms with E-state index in [-0.39, 0.29) is 60.1 Å². The van der Waals surface area contributed by atoms with Gasteiger partial charge in [-0.05, 0) is 63.6 Å². The monoisotopic (exact) mass is 740 g/mol. The van der Waals surface area contributed by atoms with E-state index >= 15 is 0 Å². The Morgan fingerprint density at radius 3 is 2.33 bits per heavy atom. The summed E-state index contributed by atoms with van der Waals surface area (Å²) in [7, 11) is 3.74. The first kappa shape index (κ1) is 42.7. The lowest BCUT2D eigenvalue weighted by Crippen LogP contribution is -2.50. The van der Waals surface area contributed by atoms with Gasteiger partial charge in [0, 0.05) is 56.1 Å². The number of hydrogen-bond donors (Lipinski definition) is 3. The molecule has 13 heteroatoms. The molecular weight excluding hydrogens is 681 g/mol. The van der Waals surface area contributed by atoms with E-state index < -0.39 is 35.4 Å². The van der Waals surface area contributed by atoms with Crippen LogP contribution in [0, 0.1) is 23.7 Å². The Morgan fingerprint density at radius 1 is 1.10 bits per heavy atom. The first-order valence-corrected chi connectivity index (χ1v) is 19.4. The fraction of sp³-hybridized carbons (Fsp3) is 0.641. The zero-order chi connectivity index (χ0) is 38.7. The van der Waals surface area contributed by atoms with E-state index in [9.17, 15) is 24.0 Å². The molecule has 0 unspecified atom stereocenters. The number of nitrogens with one attached hydrogen (secondary N) is 2. The zero-order valence-electron chi connectivity index (χ0n) is 32.4. The second-order valence-electron chi connectivity index (χ2n) is 15.1. The van der Waals surface area contributed by atoms with Gasteiger partial charge in [-0.3, -0.25) is 34.3 Å². The Morgan fingerprint density at radius 2 is 1.77 bits per heavy atom. The molecule has 0 aliphatic carbocycles. The van der Waals surface area contributed by atoms with E-state index in [1.807, 2.05) is 72.0 Å². The van der Waals surface area contributed by atoms with Crippen molar-refractivity contribution in [3.8, 4) is 0 Å². The molecule has 12 nitrogen and oxygen atoms in total. The van der Waals surface area contributed by atoms with Gasteiger partial charge in [-0.25, -0.2) is 10.8 Å². The van der Waals surface area contributed by atoms with Crippen LogP contribution >= 0.6 is 11.3 Å². The summed E-state index contributed by atoms with van der Waals surface area (Å²) in [5, 5.41) is 5.10. The largest absolute Gasteiger partial charge is 0.455 e. The number of carbonyl (C=O) groups excluding carboxylic acids is 5. The van der Waals surface area contributed by atoms with Crippen molar-refractivity contribution in [1.29, 1.82) is 0 Å². The first-order valence-electron chi connectivity index (χ1n) is 18.5. The van der Waals surface area contributed by atoms with Gasteiger partial charge in [0.05, 0.1) is 5.54 Å². The van der Waals surface area contributed by atoms with Crippen LogP contribution in [0.25, 0.3) is 0 Å². The molecule has 1 aromatic carbocycles. The highest BCUT2D eigenvalue weighted by Crippen LogP contribution is 2.35. The molecule has 52 heavy (non-hydrogen) atoms. The van der Waals surface area contributed by atoms with Crippen LogP contribution < -0.4 is 16.6 Å². The van der Waals surface area contributed by atoms with Crippen LogP contribution in [0.2, 0.25) is 0 Å². The number of thiazole rings is 1. The SMILES string of the molecule is CC[C@H](C)[C@H](CC(=O)[C@@]1(C)CCCN1C)C(=O)N(C)[C@H](C[C@@H](OC(C)=O)c1nc(C(=O)N[C@@H](Cc2ccccc2)C[C@H](C)C(=O)NN)cs1)C(C)C. The molecule has 1 saturated heterocycles. The van der Waals surface area contributed by atoms with E-state index in [1.54, 1.807) is 24.3 Å². The van der Waals surface area contributed by atoms with Crippen LogP contribution in [0.15, 0.2) is 35.7 Å². The van der Waals surface area contributed by atoms with E-state index in [0.29, 0.717) is 17.8 Å². The van der Waals surface area contributed by atoms with E-state index in [1.165, 1.54) is 18.3 Å². The summed E-state index contributed by atoms with van der Waals surface area (Å²) in [4.78, 5) is 74.6. The Labute approximate surface area is 313 Å². The van der Waals surface area contributed by atoms with Crippen LogP contribution in [0.3, 0.4) is 0 Å². The number of nitrogens with zero attached hydrogens (tertiary/aromatic N) is 3. The van der Waals surface area contributed by atoms with Crippen molar-refractivity contribution in [2.75, 3.05) is 20.6 Å². The Bertz CT molecular complexity index is 1520. The summed E-state index contributed by atoms with van der Waals surface area (Å²) in [6, 6.07) is 8.93. The van der Waals surface area contributed by atoms with Crippen LogP contribution in [0.1, 0.15) is 114 Å². The molecule has 2 heterocycles. The average Bonchev–Trinajstić information content (AvgIpc) is 3.74. The summed E-state index contributed by atoms with van der Waals surface area (Å²) < 4.78 is 5.80. The molecule has 2 aromatic rings. The molecule has 7 atom stereocenters. The van der Waals surface area contributed by atoms with Crippen molar-refractivity contribution < 1.29 is 28.7 Å². The highest BCUT2D eigenvalue weighted by molar-refractivity contribution is 7.09. The first-order chi connectivity index (χ1) is 24.5. The van der Waals surface area contributed by atoms with E-state index in [0.717, 1.165) is 31.4 Å². The minimum atomic E-state index is -0.810. The average molecular weight is 741 g/mol. The lowest BCUT2D eigenvalue weighted by Gasteiger charge is -2.38. The summed E-state index contributed by atoms with van der Waals surface area (Å²) >= 11 is 1.21. The number of Topliss-reactive ketones (excluding diaryl/α,β-unsaturated/α-hetero) is 1. The van der Waals surface area contributed by atoms with E-state index in [2.05, 4.69) is 20.6 Å². The molecular formula is C39H60N6O6S. The van der Waals surface area contributed by atoms with Gasteiger partial charge in [0.1, 0.15) is 10.7 Å². The second kappa shape index (κ2) is 19.4. The minimum Gasteiger partial charge on any atom is -0.455 e. The Hall–Kier alpha value is -3.68.